The van der Waals surface area contributed by atoms with Crippen molar-refractivity contribution in [1.29, 1.82) is 0 Å². The molecule has 1 unspecified atom stereocenters. The number of nitrogens with zero attached hydrogens (tertiary/aromatic N) is 2. The third-order valence-electron chi connectivity index (χ3n) is 6.14. The van der Waals surface area contributed by atoms with Gasteiger partial charge in [-0.1, -0.05) is 44.2 Å². The molecule has 0 saturated carbocycles. The summed E-state index contributed by atoms with van der Waals surface area (Å²) in [5.41, 5.74) is 5.19. The van der Waals surface area contributed by atoms with E-state index in [4.69, 9.17) is 4.74 Å². The summed E-state index contributed by atoms with van der Waals surface area (Å²) < 4.78 is 6.23. The molecule has 1 aliphatic heterocycles. The fourth-order valence-corrected chi connectivity index (χ4v) is 4.41. The molecule has 1 fully saturated rings. The Hall–Kier alpha value is -3.14. The zero-order valence-electron chi connectivity index (χ0n) is 18.8. The van der Waals surface area contributed by atoms with Gasteiger partial charge in [-0.05, 0) is 72.7 Å². The zero-order valence-corrected chi connectivity index (χ0v) is 18.8. The van der Waals surface area contributed by atoms with Gasteiger partial charge in [0.15, 0.2) is 0 Å². The Morgan fingerprint density at radius 3 is 2.61 bits per heavy atom. The van der Waals surface area contributed by atoms with Crippen molar-refractivity contribution in [3.63, 3.8) is 0 Å². The Morgan fingerprint density at radius 2 is 1.87 bits per heavy atom. The third kappa shape index (κ3) is 4.48. The Morgan fingerprint density at radius 1 is 1.06 bits per heavy atom. The van der Waals surface area contributed by atoms with Gasteiger partial charge in [-0.25, -0.2) is 0 Å². The van der Waals surface area contributed by atoms with E-state index in [0.717, 1.165) is 36.6 Å². The summed E-state index contributed by atoms with van der Waals surface area (Å²) in [5.74, 6) is 2.53. The first kappa shape index (κ1) is 21.1. The van der Waals surface area contributed by atoms with Gasteiger partial charge in [-0.15, -0.1) is 0 Å². The summed E-state index contributed by atoms with van der Waals surface area (Å²) in [5, 5.41) is 0. The number of para-hydroxylation sites is 1. The highest BCUT2D eigenvalue weighted by molar-refractivity contribution is 5.93. The fourth-order valence-electron chi connectivity index (χ4n) is 4.41. The van der Waals surface area contributed by atoms with Crippen molar-refractivity contribution in [3.8, 4) is 11.5 Å². The molecule has 1 aromatic heterocycles. The molecule has 31 heavy (non-hydrogen) atoms. The highest BCUT2D eigenvalue weighted by Gasteiger charge is 2.30. The maximum Gasteiger partial charge on any atom is 0.272 e. The lowest BCUT2D eigenvalue weighted by atomic mass is 9.94. The van der Waals surface area contributed by atoms with Gasteiger partial charge >= 0.3 is 0 Å². The van der Waals surface area contributed by atoms with Crippen LogP contribution in [-0.4, -0.2) is 28.9 Å². The normalized spacial score (nSPS) is 16.0. The Balaban J connectivity index is 1.48. The second-order valence-electron chi connectivity index (χ2n) is 8.72. The van der Waals surface area contributed by atoms with E-state index in [1.54, 1.807) is 6.20 Å². The van der Waals surface area contributed by atoms with E-state index in [1.807, 2.05) is 42.2 Å². The van der Waals surface area contributed by atoms with E-state index in [1.165, 1.54) is 16.7 Å². The Labute approximate surface area is 184 Å². The molecule has 0 aliphatic carbocycles. The fraction of sp³-hybridized carbons (Fsp3) is 0.333. The highest BCUT2D eigenvalue weighted by atomic mass is 16.5. The molecule has 2 heterocycles. The molecule has 0 bridgehead atoms. The second-order valence-corrected chi connectivity index (χ2v) is 8.72. The molecule has 1 amide bonds. The van der Waals surface area contributed by atoms with E-state index in [2.05, 4.69) is 50.0 Å². The number of likely N-dealkylation sites (tertiary alicyclic amines) is 1. The first-order valence-electron chi connectivity index (χ1n) is 11.0. The molecule has 4 heteroatoms. The van der Waals surface area contributed by atoms with Gasteiger partial charge in [0.2, 0.25) is 0 Å². The van der Waals surface area contributed by atoms with E-state index < -0.39 is 0 Å². The van der Waals surface area contributed by atoms with Crippen LogP contribution >= 0.6 is 0 Å². The van der Waals surface area contributed by atoms with Crippen LogP contribution in [0.1, 0.15) is 64.8 Å². The molecule has 0 radical (unpaired) electrons. The van der Waals surface area contributed by atoms with Crippen molar-refractivity contribution >= 4 is 5.91 Å². The Bertz CT molecular complexity index is 1090. The number of pyridine rings is 1. The minimum absolute atomic E-state index is 0.0310. The van der Waals surface area contributed by atoms with Crippen LogP contribution in [0.3, 0.4) is 0 Å². The van der Waals surface area contributed by atoms with Gasteiger partial charge in [-0.2, -0.15) is 0 Å². The minimum Gasteiger partial charge on any atom is -0.457 e. The van der Waals surface area contributed by atoms with E-state index in [-0.39, 0.29) is 5.91 Å². The Kier molecular flexibility index (Phi) is 6.08. The van der Waals surface area contributed by atoms with Crippen molar-refractivity contribution in [2.75, 3.05) is 13.1 Å². The summed E-state index contributed by atoms with van der Waals surface area (Å²) >= 11 is 0. The second kappa shape index (κ2) is 8.93. The molecule has 3 aromatic rings. The van der Waals surface area contributed by atoms with E-state index in [9.17, 15) is 4.79 Å². The molecular weight excluding hydrogens is 384 g/mol. The molecule has 4 rings (SSSR count). The first-order valence-corrected chi connectivity index (χ1v) is 11.0. The molecule has 1 saturated heterocycles. The standard InChI is InChI=1S/C27H30N2O2/c1-18(2)23-9-5-6-10-25(23)31-22-11-12-24(20(4)16-22)21-13-15-29(17-21)27(30)26-19(3)8-7-14-28-26/h5-12,14,16,18,21H,13,15,17H2,1-4H3. The molecule has 4 nitrogen and oxygen atoms in total. The highest BCUT2D eigenvalue weighted by Crippen LogP contribution is 2.35. The van der Waals surface area contributed by atoms with Crippen LogP contribution < -0.4 is 4.74 Å². The molecule has 0 spiro atoms. The summed E-state index contributed by atoms with van der Waals surface area (Å²) in [7, 11) is 0. The number of carbonyl (C=O) groups excluding carboxylic acids is 1. The maximum atomic E-state index is 12.9. The molecule has 1 aliphatic rings. The number of amides is 1. The van der Waals surface area contributed by atoms with Crippen LogP contribution in [-0.2, 0) is 0 Å². The number of benzene rings is 2. The van der Waals surface area contributed by atoms with Crippen LogP contribution in [0.5, 0.6) is 11.5 Å². The third-order valence-corrected chi connectivity index (χ3v) is 6.14. The van der Waals surface area contributed by atoms with Gasteiger partial charge in [0.1, 0.15) is 17.2 Å². The topological polar surface area (TPSA) is 42.4 Å². The van der Waals surface area contributed by atoms with Crippen molar-refractivity contribution in [2.24, 2.45) is 0 Å². The summed E-state index contributed by atoms with van der Waals surface area (Å²) in [4.78, 5) is 19.2. The number of carbonyl (C=O) groups is 1. The number of aromatic nitrogens is 1. The average molecular weight is 415 g/mol. The van der Waals surface area contributed by atoms with Crippen LogP contribution in [0, 0.1) is 13.8 Å². The molecule has 2 aromatic carbocycles. The molecular formula is C27H30N2O2. The lowest BCUT2D eigenvalue weighted by Gasteiger charge is -2.19. The molecule has 0 N–H and O–H groups in total. The van der Waals surface area contributed by atoms with Crippen LogP contribution in [0.25, 0.3) is 0 Å². The quantitative estimate of drug-likeness (QED) is 0.496. The molecule has 160 valence electrons. The first-order chi connectivity index (χ1) is 14.9. The van der Waals surface area contributed by atoms with Gasteiger partial charge in [0.05, 0.1) is 0 Å². The van der Waals surface area contributed by atoms with Gasteiger partial charge in [0, 0.05) is 25.2 Å². The molecule has 1 atom stereocenters. The minimum atomic E-state index is 0.0310. The summed E-state index contributed by atoms with van der Waals surface area (Å²) in [6.07, 6.45) is 2.66. The van der Waals surface area contributed by atoms with Crippen LogP contribution in [0.4, 0.5) is 0 Å². The van der Waals surface area contributed by atoms with Gasteiger partial charge in [0.25, 0.3) is 5.91 Å². The smallest absolute Gasteiger partial charge is 0.272 e. The summed E-state index contributed by atoms with van der Waals surface area (Å²) in [6.45, 7) is 9.91. The van der Waals surface area contributed by atoms with Crippen molar-refractivity contribution < 1.29 is 9.53 Å². The predicted octanol–water partition coefficient (Wildman–Crippen LogP) is 6.24. The maximum absolute atomic E-state index is 12.9. The SMILES string of the molecule is Cc1cc(Oc2ccccc2C(C)C)ccc1C1CCN(C(=O)c2ncccc2C)C1. The summed E-state index contributed by atoms with van der Waals surface area (Å²) in [6, 6.07) is 18.3. The number of hydrogen-bond donors (Lipinski definition) is 0. The number of aryl methyl sites for hydroxylation is 2. The lowest BCUT2D eigenvalue weighted by molar-refractivity contribution is 0.0784. The van der Waals surface area contributed by atoms with E-state index >= 15 is 0 Å². The van der Waals surface area contributed by atoms with Crippen molar-refractivity contribution in [1.82, 2.24) is 9.88 Å². The van der Waals surface area contributed by atoms with E-state index in [0.29, 0.717) is 17.5 Å². The van der Waals surface area contributed by atoms with Crippen molar-refractivity contribution in [2.45, 2.75) is 46.0 Å². The predicted molar refractivity (Wildman–Crippen MR) is 124 cm³/mol. The van der Waals surface area contributed by atoms with Crippen LogP contribution in [0.15, 0.2) is 60.8 Å². The largest absolute Gasteiger partial charge is 0.457 e. The monoisotopic (exact) mass is 414 g/mol. The lowest BCUT2D eigenvalue weighted by Crippen LogP contribution is -2.29. The zero-order chi connectivity index (χ0) is 22.0. The van der Waals surface area contributed by atoms with Crippen molar-refractivity contribution in [3.05, 3.63) is 88.7 Å². The number of ether oxygens (including phenoxy) is 1. The number of hydrogen-bond acceptors (Lipinski definition) is 3. The van der Waals surface area contributed by atoms with Gasteiger partial charge in [-0.3, -0.25) is 9.78 Å². The number of rotatable bonds is 5. The average Bonchev–Trinajstić information content (AvgIpc) is 3.24. The van der Waals surface area contributed by atoms with Crippen LogP contribution in [0.2, 0.25) is 0 Å². The van der Waals surface area contributed by atoms with Gasteiger partial charge < -0.3 is 9.64 Å².